The molecule has 2 heterocycles. The summed E-state index contributed by atoms with van der Waals surface area (Å²) in [7, 11) is 0. The van der Waals surface area contributed by atoms with E-state index in [-0.39, 0.29) is 23.5 Å². The molecule has 31 heavy (non-hydrogen) atoms. The van der Waals surface area contributed by atoms with Crippen molar-refractivity contribution in [3.8, 4) is 10.4 Å². The van der Waals surface area contributed by atoms with Gasteiger partial charge in [0.15, 0.2) is 0 Å². The molecule has 1 aromatic heterocycles. The van der Waals surface area contributed by atoms with E-state index in [1.165, 1.54) is 17.4 Å². The van der Waals surface area contributed by atoms with Crippen LogP contribution in [0.15, 0.2) is 72.8 Å². The van der Waals surface area contributed by atoms with E-state index in [2.05, 4.69) is 5.32 Å². The van der Waals surface area contributed by atoms with E-state index in [4.69, 9.17) is 0 Å². The number of hydrogen-bond donors (Lipinski definition) is 1. The van der Waals surface area contributed by atoms with Gasteiger partial charge in [0.1, 0.15) is 5.82 Å². The van der Waals surface area contributed by atoms with E-state index in [0.29, 0.717) is 31.5 Å². The topological polar surface area (TPSA) is 49.4 Å². The number of likely N-dealkylation sites (tertiary alicyclic amines) is 1. The molecule has 6 heteroatoms. The maximum Gasteiger partial charge on any atom is 0.246 e. The molecule has 0 aliphatic carbocycles. The normalized spacial score (nSPS) is 14.7. The van der Waals surface area contributed by atoms with Gasteiger partial charge in [-0.05, 0) is 49.2 Å². The Kier molecular flexibility index (Phi) is 6.57. The summed E-state index contributed by atoms with van der Waals surface area (Å²) in [6.45, 7) is 1.11. The van der Waals surface area contributed by atoms with Gasteiger partial charge in [-0.3, -0.25) is 9.59 Å². The van der Waals surface area contributed by atoms with Crippen molar-refractivity contribution in [1.29, 1.82) is 0 Å². The third-order valence-corrected chi connectivity index (χ3v) is 6.46. The third-order valence-electron chi connectivity index (χ3n) is 5.38. The summed E-state index contributed by atoms with van der Waals surface area (Å²) >= 11 is 1.44. The maximum atomic E-state index is 14.0. The van der Waals surface area contributed by atoms with E-state index in [1.54, 1.807) is 35.3 Å². The van der Waals surface area contributed by atoms with Gasteiger partial charge in [-0.2, -0.15) is 0 Å². The molecule has 2 aromatic carbocycles. The third kappa shape index (κ3) is 5.27. The van der Waals surface area contributed by atoms with Crippen LogP contribution in [0.3, 0.4) is 0 Å². The smallest absolute Gasteiger partial charge is 0.246 e. The van der Waals surface area contributed by atoms with Crippen LogP contribution in [-0.2, 0) is 9.59 Å². The molecule has 158 valence electrons. The summed E-state index contributed by atoms with van der Waals surface area (Å²) in [4.78, 5) is 28.5. The van der Waals surface area contributed by atoms with Gasteiger partial charge < -0.3 is 10.2 Å². The fourth-order valence-electron chi connectivity index (χ4n) is 3.63. The lowest BCUT2D eigenvalue weighted by Gasteiger charge is -2.30. The fraction of sp³-hybridized carbons (Fsp3) is 0.200. The van der Waals surface area contributed by atoms with Crippen molar-refractivity contribution in [1.82, 2.24) is 4.90 Å². The lowest BCUT2D eigenvalue weighted by molar-refractivity contribution is -0.130. The van der Waals surface area contributed by atoms with Gasteiger partial charge in [-0.25, -0.2) is 4.39 Å². The molecule has 0 atom stereocenters. The molecule has 4 nitrogen and oxygen atoms in total. The van der Waals surface area contributed by atoms with Gasteiger partial charge in [0.05, 0.1) is 0 Å². The minimum absolute atomic E-state index is 0.00750. The molecule has 1 fully saturated rings. The highest BCUT2D eigenvalue weighted by molar-refractivity contribution is 7.16. The minimum Gasteiger partial charge on any atom is -0.339 e. The van der Waals surface area contributed by atoms with Crippen molar-refractivity contribution in [2.75, 3.05) is 18.4 Å². The average molecular weight is 435 g/mol. The lowest BCUT2D eigenvalue weighted by atomic mass is 9.95. The van der Waals surface area contributed by atoms with Gasteiger partial charge in [-0.15, -0.1) is 11.3 Å². The molecule has 0 saturated carbocycles. The summed E-state index contributed by atoms with van der Waals surface area (Å²) in [5.74, 6) is -0.403. The lowest BCUT2D eigenvalue weighted by Crippen LogP contribution is -2.40. The first-order valence-electron chi connectivity index (χ1n) is 10.3. The predicted octanol–water partition coefficient (Wildman–Crippen LogP) is 5.44. The molecule has 4 rings (SSSR count). The quantitative estimate of drug-likeness (QED) is 0.543. The number of nitrogens with zero attached hydrogens (tertiary/aromatic N) is 1. The van der Waals surface area contributed by atoms with E-state index in [0.717, 1.165) is 15.4 Å². The minimum atomic E-state index is -0.255. The summed E-state index contributed by atoms with van der Waals surface area (Å²) in [6.07, 6.45) is 4.62. The summed E-state index contributed by atoms with van der Waals surface area (Å²) in [5.41, 5.74) is 1.36. The SMILES string of the molecule is O=C(Nc1ccccc1)C1CCN(C(=O)/C=C/c2ccc(-c3ccccc3F)s2)CC1. The highest BCUT2D eigenvalue weighted by atomic mass is 32.1. The molecule has 0 radical (unpaired) electrons. The van der Waals surface area contributed by atoms with Crippen LogP contribution in [-0.4, -0.2) is 29.8 Å². The zero-order valence-corrected chi connectivity index (χ0v) is 17.8. The molecular formula is C25H23FN2O2S. The molecule has 0 spiro atoms. The Labute approximate surface area is 185 Å². The van der Waals surface area contributed by atoms with Crippen LogP contribution >= 0.6 is 11.3 Å². The Bertz CT molecular complexity index is 1090. The predicted molar refractivity (Wildman–Crippen MR) is 123 cm³/mol. The first kappa shape index (κ1) is 21.0. The first-order chi connectivity index (χ1) is 15.1. The highest BCUT2D eigenvalue weighted by Gasteiger charge is 2.26. The van der Waals surface area contributed by atoms with Crippen LogP contribution in [0.1, 0.15) is 17.7 Å². The van der Waals surface area contributed by atoms with Gasteiger partial charge in [0.2, 0.25) is 11.8 Å². The van der Waals surface area contributed by atoms with Crippen molar-refractivity contribution in [3.63, 3.8) is 0 Å². The van der Waals surface area contributed by atoms with Crippen molar-refractivity contribution >= 4 is 34.9 Å². The Morgan fingerprint density at radius 1 is 0.968 bits per heavy atom. The molecule has 3 aromatic rings. The number of amides is 2. The average Bonchev–Trinajstić information content (AvgIpc) is 3.27. The van der Waals surface area contributed by atoms with Crippen molar-refractivity contribution < 1.29 is 14.0 Å². The molecular weight excluding hydrogens is 411 g/mol. The van der Waals surface area contributed by atoms with E-state index in [1.807, 2.05) is 42.5 Å². The molecule has 2 amide bonds. The Morgan fingerprint density at radius 2 is 1.68 bits per heavy atom. The number of para-hydroxylation sites is 1. The number of carbonyl (C=O) groups excluding carboxylic acids is 2. The summed E-state index contributed by atoms with van der Waals surface area (Å²) in [5, 5.41) is 2.94. The van der Waals surface area contributed by atoms with Crippen LogP contribution in [0.5, 0.6) is 0 Å². The first-order valence-corrected chi connectivity index (χ1v) is 11.1. The summed E-state index contributed by atoms with van der Waals surface area (Å²) < 4.78 is 14.0. The Morgan fingerprint density at radius 3 is 2.42 bits per heavy atom. The number of benzene rings is 2. The monoisotopic (exact) mass is 434 g/mol. The van der Waals surface area contributed by atoms with Crippen molar-refractivity contribution in [2.45, 2.75) is 12.8 Å². The molecule has 1 aliphatic heterocycles. The zero-order chi connectivity index (χ0) is 21.6. The molecule has 1 N–H and O–H groups in total. The van der Waals surface area contributed by atoms with Crippen LogP contribution < -0.4 is 5.32 Å². The zero-order valence-electron chi connectivity index (χ0n) is 17.0. The second-order valence-corrected chi connectivity index (χ2v) is 8.59. The van der Waals surface area contributed by atoms with E-state index >= 15 is 0 Å². The van der Waals surface area contributed by atoms with Crippen LogP contribution in [0, 0.1) is 11.7 Å². The van der Waals surface area contributed by atoms with Gasteiger partial charge in [-0.1, -0.05) is 36.4 Å². The van der Waals surface area contributed by atoms with Gasteiger partial charge in [0, 0.05) is 46.1 Å². The van der Waals surface area contributed by atoms with Crippen LogP contribution in [0.2, 0.25) is 0 Å². The Balaban J connectivity index is 1.30. The number of thiophene rings is 1. The van der Waals surface area contributed by atoms with Gasteiger partial charge >= 0.3 is 0 Å². The second-order valence-electron chi connectivity index (χ2n) is 7.47. The molecule has 1 aliphatic rings. The highest BCUT2D eigenvalue weighted by Crippen LogP contribution is 2.30. The number of nitrogens with one attached hydrogen (secondary N) is 1. The Hall–Kier alpha value is -3.25. The number of piperidine rings is 1. The number of halogens is 1. The molecule has 0 unspecified atom stereocenters. The van der Waals surface area contributed by atoms with Crippen LogP contribution in [0.25, 0.3) is 16.5 Å². The molecule has 1 saturated heterocycles. The van der Waals surface area contributed by atoms with Crippen LogP contribution in [0.4, 0.5) is 10.1 Å². The molecule has 0 bridgehead atoms. The largest absolute Gasteiger partial charge is 0.339 e. The number of hydrogen-bond acceptors (Lipinski definition) is 3. The second kappa shape index (κ2) is 9.71. The number of carbonyl (C=O) groups is 2. The number of rotatable bonds is 5. The van der Waals surface area contributed by atoms with Crippen molar-refractivity contribution in [3.05, 3.63) is 83.5 Å². The van der Waals surface area contributed by atoms with E-state index < -0.39 is 0 Å². The maximum absolute atomic E-state index is 14.0. The van der Waals surface area contributed by atoms with Gasteiger partial charge in [0.25, 0.3) is 0 Å². The van der Waals surface area contributed by atoms with Crippen molar-refractivity contribution in [2.24, 2.45) is 5.92 Å². The summed E-state index contributed by atoms with van der Waals surface area (Å²) in [6, 6.07) is 19.8. The fourth-order valence-corrected chi connectivity index (χ4v) is 4.57. The van der Waals surface area contributed by atoms with E-state index in [9.17, 15) is 14.0 Å². The standard InChI is InChI=1S/C25H23FN2O2S/c26-22-9-5-4-8-21(22)23-12-10-20(31-23)11-13-24(29)28-16-14-18(15-17-28)25(30)27-19-6-2-1-3-7-19/h1-13,18H,14-17H2,(H,27,30)/b13-11+. The number of anilines is 1.